The summed E-state index contributed by atoms with van der Waals surface area (Å²) in [5.41, 5.74) is 8.94. The minimum Gasteiger partial charge on any atom is -0.370 e. The van der Waals surface area contributed by atoms with Gasteiger partial charge in [-0.2, -0.15) is 0 Å². The van der Waals surface area contributed by atoms with Crippen LogP contribution in [0.25, 0.3) is 0 Å². The van der Waals surface area contributed by atoms with Crippen LogP contribution in [0, 0.1) is 5.41 Å². The third-order valence-electron chi connectivity index (χ3n) is 1.26. The van der Waals surface area contributed by atoms with E-state index in [0.717, 1.165) is 6.42 Å². The van der Waals surface area contributed by atoms with Gasteiger partial charge in [0.2, 0.25) is 0 Å². The number of quaternary nitrogens is 1. The van der Waals surface area contributed by atoms with E-state index in [1.807, 2.05) is 28.1 Å². The monoisotopic (exact) mass is 177 g/mol. The van der Waals surface area contributed by atoms with Gasteiger partial charge in [-0.05, 0) is 0 Å². The minimum atomic E-state index is -0.333. The summed E-state index contributed by atoms with van der Waals surface area (Å²) in [6, 6.07) is 0. The molecule has 0 fully saturated rings. The summed E-state index contributed by atoms with van der Waals surface area (Å²) in [7, 11) is 5.94. The molecular weight excluding hydrogens is 156 g/mol. The van der Waals surface area contributed by atoms with Crippen molar-refractivity contribution in [2.45, 2.75) is 19.6 Å². The molecule has 5 nitrogen and oxygen atoms in total. The first-order chi connectivity index (χ1) is 5.21. The van der Waals surface area contributed by atoms with Crippen molar-refractivity contribution in [3.63, 3.8) is 0 Å². The van der Waals surface area contributed by atoms with Gasteiger partial charge in [-0.25, -0.2) is 0 Å². The number of rotatable bonds is 2. The molecule has 0 bridgehead atoms. The lowest BCUT2D eigenvalue weighted by molar-refractivity contribution is -0.918. The zero-order chi connectivity index (χ0) is 10.4. The molecule has 0 radical (unpaired) electrons. The summed E-state index contributed by atoms with van der Waals surface area (Å²) in [4.78, 5) is 0. The smallest absolute Gasteiger partial charge is 0.189 e. The molecule has 0 heterocycles. The van der Waals surface area contributed by atoms with Crippen LogP contribution in [0.4, 0.5) is 0 Å². The van der Waals surface area contributed by atoms with Gasteiger partial charge in [0, 0.05) is 6.42 Å². The van der Waals surface area contributed by atoms with Crippen LogP contribution in [0.3, 0.4) is 0 Å². The van der Waals surface area contributed by atoms with Crippen LogP contribution in [0.15, 0.2) is 0 Å². The van der Waals surface area contributed by atoms with Gasteiger partial charge in [0.25, 0.3) is 0 Å². The highest BCUT2D eigenvalue weighted by Gasteiger charge is 2.16. The predicted octanol–water partition coefficient (Wildman–Crippen LogP) is -0.740. The van der Waals surface area contributed by atoms with Crippen LogP contribution in [0.5, 0.6) is 0 Å². The summed E-state index contributed by atoms with van der Waals surface area (Å²) in [5.74, 6) is -0.333. The lowest BCUT2D eigenvalue weighted by atomic mass is 10.4. The number of nitrogens with two attached hydrogens (primary N) is 2. The highest BCUT2D eigenvalue weighted by Crippen LogP contribution is 2.01. The van der Waals surface area contributed by atoms with Gasteiger partial charge >= 0.3 is 0 Å². The molecule has 0 saturated heterocycles. The van der Waals surface area contributed by atoms with E-state index in [2.05, 4.69) is 11.5 Å². The molecule has 0 rings (SSSR count). The Labute approximate surface area is 74.1 Å². The Balaban J connectivity index is 0. The van der Waals surface area contributed by atoms with Crippen molar-refractivity contribution in [2.75, 3.05) is 21.1 Å². The summed E-state index contributed by atoms with van der Waals surface area (Å²) in [5, 5.41) is 15.2. The molecule has 74 valence electrons. The Bertz CT molecular complexity index is 126. The van der Waals surface area contributed by atoms with E-state index in [9.17, 15) is 0 Å². The minimum absolute atomic E-state index is 0.213. The maximum absolute atomic E-state index is 9.17. The number of nitrogens with one attached hydrogen (secondary N) is 1. The molecule has 12 heavy (non-hydrogen) atoms. The Morgan fingerprint density at radius 1 is 1.42 bits per heavy atom. The van der Waals surface area contributed by atoms with Gasteiger partial charge in [0.05, 0.1) is 21.1 Å². The van der Waals surface area contributed by atoms with E-state index in [1.165, 1.54) is 0 Å². The molecule has 5 heteroatoms. The normalized spacial score (nSPS) is 12.8. The lowest BCUT2D eigenvalue weighted by Gasteiger charge is -2.28. The number of guanidine groups is 1. The Hall–Kier alpha value is -0.810. The third kappa shape index (κ3) is 11.9. The van der Waals surface area contributed by atoms with E-state index in [-0.39, 0.29) is 12.2 Å². The van der Waals surface area contributed by atoms with Gasteiger partial charge < -0.3 is 21.1 Å². The summed E-state index contributed by atoms with van der Waals surface area (Å²) in [6.07, 6.45) is 0.610. The second-order valence-electron chi connectivity index (χ2n) is 3.46. The zero-order valence-corrected chi connectivity index (χ0v) is 8.33. The first-order valence-corrected chi connectivity index (χ1v) is 3.80. The first kappa shape index (κ1) is 13.8. The second-order valence-corrected chi connectivity index (χ2v) is 3.46. The van der Waals surface area contributed by atoms with Crippen molar-refractivity contribution < 1.29 is 9.59 Å². The van der Waals surface area contributed by atoms with Gasteiger partial charge in [0.15, 0.2) is 12.2 Å². The van der Waals surface area contributed by atoms with Gasteiger partial charge in [-0.1, -0.05) is 6.92 Å². The lowest BCUT2D eigenvalue weighted by Crippen LogP contribution is -2.44. The fraction of sp³-hybridized carbons (Fsp3) is 0.857. The van der Waals surface area contributed by atoms with Crippen LogP contribution in [0.1, 0.15) is 13.3 Å². The van der Waals surface area contributed by atoms with E-state index in [1.54, 1.807) is 0 Å². The maximum atomic E-state index is 9.17. The SMILES string of the molecule is CCC(O)[N+](C)(C)C.N=C(N)N. The second kappa shape index (κ2) is 5.79. The van der Waals surface area contributed by atoms with Crippen molar-refractivity contribution in [1.29, 1.82) is 5.41 Å². The predicted molar refractivity (Wildman–Crippen MR) is 50.4 cm³/mol. The van der Waals surface area contributed by atoms with Gasteiger partial charge in [-0.3, -0.25) is 5.41 Å². The van der Waals surface area contributed by atoms with Crippen molar-refractivity contribution >= 4 is 5.96 Å². The number of aliphatic hydroxyl groups is 1. The zero-order valence-electron chi connectivity index (χ0n) is 8.33. The molecule has 0 saturated carbocycles. The molecule has 0 aromatic carbocycles. The quantitative estimate of drug-likeness (QED) is 0.193. The number of aliphatic hydroxyl groups excluding tert-OH is 1. The first-order valence-electron chi connectivity index (χ1n) is 3.80. The molecule has 1 unspecified atom stereocenters. The molecule has 0 aromatic heterocycles. The molecule has 0 aliphatic carbocycles. The highest BCUT2D eigenvalue weighted by atomic mass is 16.3. The topological polar surface area (TPSA) is 96.1 Å². The fourth-order valence-electron chi connectivity index (χ4n) is 0.548. The molecule has 0 aliphatic rings. The van der Waals surface area contributed by atoms with Crippen molar-refractivity contribution in [1.82, 2.24) is 0 Å². The molecule has 6 N–H and O–H groups in total. The highest BCUT2D eigenvalue weighted by molar-refractivity contribution is 5.71. The third-order valence-corrected chi connectivity index (χ3v) is 1.26. The maximum Gasteiger partial charge on any atom is 0.189 e. The van der Waals surface area contributed by atoms with Crippen LogP contribution in [-0.2, 0) is 0 Å². The largest absolute Gasteiger partial charge is 0.370 e. The Morgan fingerprint density at radius 2 is 1.67 bits per heavy atom. The molecule has 0 aromatic rings. The molecule has 0 amide bonds. The average Bonchev–Trinajstić information content (AvgIpc) is 1.82. The van der Waals surface area contributed by atoms with E-state index < -0.39 is 0 Å². The van der Waals surface area contributed by atoms with Crippen molar-refractivity contribution in [2.24, 2.45) is 11.5 Å². The fourth-order valence-corrected chi connectivity index (χ4v) is 0.548. The van der Waals surface area contributed by atoms with E-state index in [4.69, 9.17) is 10.5 Å². The summed E-state index contributed by atoms with van der Waals surface area (Å²) >= 11 is 0. The Morgan fingerprint density at radius 3 is 1.67 bits per heavy atom. The van der Waals surface area contributed by atoms with E-state index in [0.29, 0.717) is 4.48 Å². The molecule has 0 aliphatic heterocycles. The van der Waals surface area contributed by atoms with Crippen LogP contribution < -0.4 is 11.5 Å². The average molecular weight is 177 g/mol. The van der Waals surface area contributed by atoms with Crippen molar-refractivity contribution in [3.8, 4) is 0 Å². The van der Waals surface area contributed by atoms with Crippen LogP contribution >= 0.6 is 0 Å². The Kier molecular flexibility index (Phi) is 6.64. The molecule has 1 atom stereocenters. The molecular formula is C7H21N4O+. The van der Waals surface area contributed by atoms with E-state index >= 15 is 0 Å². The number of hydrogen-bond donors (Lipinski definition) is 4. The standard InChI is InChI=1S/C6H16NO.CH5N3/c1-5-6(8)7(2,3)4;2-1(3)4/h6,8H,5H2,1-4H3;(H5,2,3,4)/q+1;. The number of hydrogen-bond acceptors (Lipinski definition) is 2. The van der Waals surface area contributed by atoms with Gasteiger partial charge in [-0.15, -0.1) is 0 Å². The van der Waals surface area contributed by atoms with Gasteiger partial charge in [0.1, 0.15) is 0 Å². The molecule has 0 spiro atoms. The van der Waals surface area contributed by atoms with Crippen LogP contribution in [0.2, 0.25) is 0 Å². The summed E-state index contributed by atoms with van der Waals surface area (Å²) < 4.78 is 0.635. The summed E-state index contributed by atoms with van der Waals surface area (Å²) in [6.45, 7) is 1.98. The van der Waals surface area contributed by atoms with Crippen molar-refractivity contribution in [3.05, 3.63) is 0 Å². The van der Waals surface area contributed by atoms with Crippen LogP contribution in [-0.4, -0.2) is 42.9 Å². The number of nitrogens with zero attached hydrogens (tertiary/aromatic N) is 1.